The van der Waals surface area contributed by atoms with E-state index >= 15 is 0 Å². The fraction of sp³-hybridized carbons (Fsp3) is 0. The van der Waals surface area contributed by atoms with Crippen LogP contribution >= 0.6 is 0 Å². The third-order valence-corrected chi connectivity index (χ3v) is 9.57. The molecule has 218 valence electrons. The average Bonchev–Trinajstić information content (AvgIpc) is 3.78. The summed E-state index contributed by atoms with van der Waals surface area (Å²) in [6.45, 7) is 0. The Bertz CT molecular complexity index is 2860. The Balaban J connectivity index is 1.12. The summed E-state index contributed by atoms with van der Waals surface area (Å²) in [5, 5.41) is 17.3. The summed E-state index contributed by atoms with van der Waals surface area (Å²) < 4.78 is 10.8. The SMILES string of the molecule is N#Cc1cc(-n2c3ccccc3c3cc4oc5ccccc5c4cc32)ccc1-c1ccc(-n2c3ccccc3c3ccccc32)cc1. The van der Waals surface area contributed by atoms with Gasteiger partial charge in [0.15, 0.2) is 0 Å². The molecule has 10 aromatic rings. The van der Waals surface area contributed by atoms with Gasteiger partial charge in [0.05, 0.1) is 33.7 Å². The van der Waals surface area contributed by atoms with Crippen molar-refractivity contribution in [3.63, 3.8) is 0 Å². The number of nitrogens with zero attached hydrogens (tertiary/aromatic N) is 3. The molecule has 0 fully saturated rings. The number of nitriles is 1. The third-order valence-electron chi connectivity index (χ3n) is 9.57. The first-order valence-corrected chi connectivity index (χ1v) is 15.7. The number of fused-ring (bicyclic) bond motifs is 9. The van der Waals surface area contributed by atoms with Crippen LogP contribution in [0.15, 0.2) is 156 Å². The molecule has 0 saturated heterocycles. The van der Waals surface area contributed by atoms with Crippen molar-refractivity contribution in [3.8, 4) is 28.6 Å². The van der Waals surface area contributed by atoms with Gasteiger partial charge < -0.3 is 13.6 Å². The normalized spacial score (nSPS) is 11.8. The zero-order valence-corrected chi connectivity index (χ0v) is 25.2. The largest absolute Gasteiger partial charge is 0.456 e. The van der Waals surface area contributed by atoms with E-state index in [4.69, 9.17) is 4.42 Å². The Morgan fingerprint density at radius 3 is 1.64 bits per heavy atom. The second-order valence-electron chi connectivity index (χ2n) is 12.1. The van der Waals surface area contributed by atoms with E-state index in [1.807, 2.05) is 24.3 Å². The Morgan fingerprint density at radius 2 is 0.979 bits per heavy atom. The van der Waals surface area contributed by atoms with Crippen LogP contribution in [0.2, 0.25) is 0 Å². The number of furan rings is 1. The van der Waals surface area contributed by atoms with Crippen molar-refractivity contribution in [1.82, 2.24) is 9.13 Å². The van der Waals surface area contributed by atoms with Gasteiger partial charge in [0.25, 0.3) is 0 Å². The molecule has 47 heavy (non-hydrogen) atoms. The van der Waals surface area contributed by atoms with Crippen molar-refractivity contribution in [1.29, 1.82) is 5.26 Å². The fourth-order valence-electron chi connectivity index (χ4n) is 7.47. The standard InChI is InChI=1S/C43H25N3O/c44-26-28-23-30(46-40-15-7-3-11-34(40)36-25-43-37(24-41(36)46)35-12-4-8-16-42(35)47-43)21-22-31(28)27-17-19-29(20-18-27)45-38-13-5-1-9-32(38)33-10-2-6-14-39(33)45/h1-25H. The lowest BCUT2D eigenvalue weighted by Crippen LogP contribution is -1.97. The van der Waals surface area contributed by atoms with Crippen molar-refractivity contribution < 1.29 is 4.42 Å². The number of rotatable bonds is 3. The highest BCUT2D eigenvalue weighted by molar-refractivity contribution is 6.17. The van der Waals surface area contributed by atoms with Gasteiger partial charge in [0.2, 0.25) is 0 Å². The van der Waals surface area contributed by atoms with Gasteiger partial charge in [-0.2, -0.15) is 5.26 Å². The van der Waals surface area contributed by atoms with Crippen LogP contribution in [0.25, 0.3) is 88.1 Å². The summed E-state index contributed by atoms with van der Waals surface area (Å²) in [7, 11) is 0. The predicted molar refractivity (Wildman–Crippen MR) is 193 cm³/mol. The topological polar surface area (TPSA) is 46.8 Å². The van der Waals surface area contributed by atoms with Crippen molar-refractivity contribution in [2.24, 2.45) is 0 Å². The van der Waals surface area contributed by atoms with Gasteiger partial charge in [-0.15, -0.1) is 0 Å². The zero-order valence-electron chi connectivity index (χ0n) is 25.2. The van der Waals surface area contributed by atoms with E-state index < -0.39 is 0 Å². The Kier molecular flexibility index (Phi) is 5.32. The van der Waals surface area contributed by atoms with Crippen molar-refractivity contribution in [2.75, 3.05) is 0 Å². The fourth-order valence-corrected chi connectivity index (χ4v) is 7.47. The molecule has 0 aliphatic heterocycles. The van der Waals surface area contributed by atoms with Crippen molar-refractivity contribution >= 4 is 65.6 Å². The third kappa shape index (κ3) is 3.69. The minimum Gasteiger partial charge on any atom is -0.456 e. The van der Waals surface area contributed by atoms with Crippen molar-refractivity contribution in [2.45, 2.75) is 0 Å². The summed E-state index contributed by atoms with van der Waals surface area (Å²) >= 11 is 0. The van der Waals surface area contributed by atoms with E-state index in [0.29, 0.717) is 5.56 Å². The van der Waals surface area contributed by atoms with Gasteiger partial charge in [-0.3, -0.25) is 0 Å². The number of hydrogen-bond acceptors (Lipinski definition) is 2. The molecule has 3 aromatic heterocycles. The molecular formula is C43H25N3O. The lowest BCUT2D eigenvalue weighted by Gasteiger charge is -2.12. The molecule has 0 atom stereocenters. The molecule has 0 aliphatic carbocycles. The summed E-state index contributed by atoms with van der Waals surface area (Å²) in [5.74, 6) is 0. The van der Waals surface area contributed by atoms with Crippen LogP contribution in [0.5, 0.6) is 0 Å². The highest BCUT2D eigenvalue weighted by atomic mass is 16.3. The van der Waals surface area contributed by atoms with Crippen LogP contribution in [0, 0.1) is 11.3 Å². The lowest BCUT2D eigenvalue weighted by molar-refractivity contribution is 0.669. The molecule has 4 heteroatoms. The second-order valence-corrected chi connectivity index (χ2v) is 12.1. The van der Waals surface area contributed by atoms with E-state index in [1.54, 1.807) is 0 Å². The summed E-state index contributed by atoms with van der Waals surface area (Å²) in [6, 6.07) is 55.3. The van der Waals surface area contributed by atoms with E-state index in [0.717, 1.165) is 66.2 Å². The molecule has 0 aliphatic rings. The molecular weight excluding hydrogens is 574 g/mol. The maximum absolute atomic E-state index is 10.4. The van der Waals surface area contributed by atoms with Gasteiger partial charge >= 0.3 is 0 Å². The van der Waals surface area contributed by atoms with Gasteiger partial charge in [0.1, 0.15) is 11.2 Å². The predicted octanol–water partition coefficient (Wildman–Crippen LogP) is 11.3. The summed E-state index contributed by atoms with van der Waals surface area (Å²) in [5.41, 5.74) is 10.9. The molecule has 3 heterocycles. The molecule has 0 saturated carbocycles. The molecule has 7 aromatic carbocycles. The number of hydrogen-bond donors (Lipinski definition) is 0. The van der Waals surface area contributed by atoms with Crippen LogP contribution in [-0.2, 0) is 0 Å². The van der Waals surface area contributed by atoms with E-state index in [-0.39, 0.29) is 0 Å². The first-order valence-electron chi connectivity index (χ1n) is 15.7. The summed E-state index contributed by atoms with van der Waals surface area (Å²) in [6.07, 6.45) is 0. The molecule has 0 unspecified atom stereocenters. The Hall–Kier alpha value is -6.57. The van der Waals surface area contributed by atoms with E-state index in [9.17, 15) is 5.26 Å². The smallest absolute Gasteiger partial charge is 0.136 e. The Morgan fingerprint density at radius 1 is 0.426 bits per heavy atom. The maximum atomic E-state index is 10.4. The van der Waals surface area contributed by atoms with Gasteiger partial charge in [-0.05, 0) is 71.8 Å². The second kappa shape index (κ2) is 9.71. The van der Waals surface area contributed by atoms with E-state index in [1.165, 1.54) is 21.8 Å². The van der Waals surface area contributed by atoms with Crippen molar-refractivity contribution in [3.05, 3.63) is 157 Å². The lowest BCUT2D eigenvalue weighted by atomic mass is 9.99. The average molecular weight is 600 g/mol. The summed E-state index contributed by atoms with van der Waals surface area (Å²) in [4.78, 5) is 0. The number of para-hydroxylation sites is 4. The Labute approximate surface area is 269 Å². The van der Waals surface area contributed by atoms with E-state index in [2.05, 4.69) is 143 Å². The molecule has 10 rings (SSSR count). The van der Waals surface area contributed by atoms with Crippen LogP contribution in [-0.4, -0.2) is 9.13 Å². The van der Waals surface area contributed by atoms with Crippen LogP contribution < -0.4 is 0 Å². The molecule has 0 amide bonds. The quantitative estimate of drug-likeness (QED) is 0.203. The van der Waals surface area contributed by atoms with Crippen LogP contribution in [0.4, 0.5) is 0 Å². The van der Waals surface area contributed by atoms with Gasteiger partial charge in [-0.25, -0.2) is 0 Å². The number of aromatic nitrogens is 2. The molecule has 0 spiro atoms. The monoisotopic (exact) mass is 599 g/mol. The van der Waals surface area contributed by atoms with Gasteiger partial charge in [-0.1, -0.05) is 91.0 Å². The minimum absolute atomic E-state index is 0.632. The highest BCUT2D eigenvalue weighted by Gasteiger charge is 2.18. The molecule has 0 bridgehead atoms. The van der Waals surface area contributed by atoms with Gasteiger partial charge in [0, 0.05) is 43.7 Å². The molecule has 0 N–H and O–H groups in total. The number of benzene rings is 7. The highest BCUT2D eigenvalue weighted by Crippen LogP contribution is 2.39. The van der Waals surface area contributed by atoms with Crippen LogP contribution in [0.3, 0.4) is 0 Å². The molecule has 4 nitrogen and oxygen atoms in total. The molecule has 0 radical (unpaired) electrons. The minimum atomic E-state index is 0.632. The first kappa shape index (κ1) is 25.7. The maximum Gasteiger partial charge on any atom is 0.136 e. The van der Waals surface area contributed by atoms with Crippen LogP contribution in [0.1, 0.15) is 5.56 Å². The zero-order chi connectivity index (χ0) is 31.1. The first-order chi connectivity index (χ1) is 23.3.